The lowest BCUT2D eigenvalue weighted by molar-refractivity contribution is -0.384. The summed E-state index contributed by atoms with van der Waals surface area (Å²) in [6.07, 6.45) is 0. The molecule has 7 heteroatoms. The predicted octanol–water partition coefficient (Wildman–Crippen LogP) is 2.81. The summed E-state index contributed by atoms with van der Waals surface area (Å²) in [5.74, 6) is -0.959. The summed E-state index contributed by atoms with van der Waals surface area (Å²) in [6, 6.07) is 3.95. The lowest BCUT2D eigenvalue weighted by atomic mass is 10.3. The average Bonchev–Trinajstić information content (AvgIpc) is 2.20. The number of aliphatic carboxylic acids is 1. The number of thioether (sulfide) groups is 1. The van der Waals surface area contributed by atoms with Crippen molar-refractivity contribution < 1.29 is 14.8 Å². The Labute approximate surface area is 101 Å². The molecule has 86 valence electrons. The van der Waals surface area contributed by atoms with Gasteiger partial charge in [0, 0.05) is 17.0 Å². The van der Waals surface area contributed by atoms with Crippen molar-refractivity contribution in [2.24, 2.45) is 0 Å². The molecule has 0 saturated heterocycles. The molecule has 0 aromatic heterocycles. The third kappa shape index (κ3) is 3.11. The van der Waals surface area contributed by atoms with E-state index in [1.807, 2.05) is 0 Å². The lowest BCUT2D eigenvalue weighted by Crippen LogP contribution is -2.11. The molecule has 0 bridgehead atoms. The van der Waals surface area contributed by atoms with Crippen LogP contribution in [0.25, 0.3) is 0 Å². The van der Waals surface area contributed by atoms with Crippen molar-refractivity contribution in [1.82, 2.24) is 0 Å². The molecule has 0 unspecified atom stereocenters. The highest BCUT2D eigenvalue weighted by Gasteiger charge is 2.16. The molecule has 5 nitrogen and oxygen atoms in total. The van der Waals surface area contributed by atoms with Crippen LogP contribution in [-0.2, 0) is 4.79 Å². The van der Waals surface area contributed by atoms with Crippen molar-refractivity contribution in [3.63, 3.8) is 0 Å². The summed E-state index contributed by atoms with van der Waals surface area (Å²) in [6.45, 7) is 1.52. The van der Waals surface area contributed by atoms with Gasteiger partial charge in [0.1, 0.15) is 5.25 Å². The largest absolute Gasteiger partial charge is 0.480 e. The van der Waals surface area contributed by atoms with Crippen molar-refractivity contribution >= 4 is 35.0 Å². The van der Waals surface area contributed by atoms with E-state index < -0.39 is 16.1 Å². The highest BCUT2D eigenvalue weighted by Crippen LogP contribution is 2.32. The molecule has 0 spiro atoms. The molecular weight excluding hydrogens is 254 g/mol. The standard InChI is InChI=1S/C9H8ClNO4S/c1-5(9(12)13)16-8-3-2-6(11(14)15)4-7(8)10/h2-5H,1H3,(H,12,13)/t5-/m0/s1. The van der Waals surface area contributed by atoms with E-state index in [1.54, 1.807) is 0 Å². The third-order valence-electron chi connectivity index (χ3n) is 1.78. The molecule has 1 aromatic carbocycles. The van der Waals surface area contributed by atoms with Crippen LogP contribution in [0.4, 0.5) is 5.69 Å². The van der Waals surface area contributed by atoms with Gasteiger partial charge in [-0.05, 0) is 13.0 Å². The molecule has 16 heavy (non-hydrogen) atoms. The van der Waals surface area contributed by atoms with Gasteiger partial charge in [0.15, 0.2) is 0 Å². The first-order valence-electron chi connectivity index (χ1n) is 4.25. The Hall–Kier alpha value is -1.27. The van der Waals surface area contributed by atoms with Crippen molar-refractivity contribution in [1.29, 1.82) is 0 Å². The molecule has 0 heterocycles. The second-order valence-electron chi connectivity index (χ2n) is 2.97. The second kappa shape index (κ2) is 5.18. The number of rotatable bonds is 4. The number of halogens is 1. The van der Waals surface area contributed by atoms with Gasteiger partial charge in [-0.25, -0.2) is 0 Å². The van der Waals surface area contributed by atoms with E-state index in [0.29, 0.717) is 4.90 Å². The number of carboxylic acid groups (broad SMARTS) is 1. The Morgan fingerprint density at radius 2 is 2.25 bits per heavy atom. The fraction of sp³-hybridized carbons (Fsp3) is 0.222. The van der Waals surface area contributed by atoms with Crippen LogP contribution < -0.4 is 0 Å². The molecule has 0 radical (unpaired) electrons. The Balaban J connectivity index is 2.91. The van der Waals surface area contributed by atoms with Crippen LogP contribution in [0.3, 0.4) is 0 Å². The Morgan fingerprint density at radius 1 is 1.62 bits per heavy atom. The molecule has 1 rings (SSSR count). The number of non-ortho nitro benzene ring substituents is 1. The van der Waals surface area contributed by atoms with Gasteiger partial charge in [0.25, 0.3) is 5.69 Å². The summed E-state index contributed by atoms with van der Waals surface area (Å²) < 4.78 is 0. The van der Waals surface area contributed by atoms with E-state index in [2.05, 4.69) is 0 Å². The highest BCUT2D eigenvalue weighted by molar-refractivity contribution is 8.00. The first-order valence-corrected chi connectivity index (χ1v) is 5.51. The zero-order valence-electron chi connectivity index (χ0n) is 8.21. The number of benzene rings is 1. The number of hydrogen-bond acceptors (Lipinski definition) is 4. The van der Waals surface area contributed by atoms with Crippen LogP contribution in [-0.4, -0.2) is 21.2 Å². The normalized spacial score (nSPS) is 12.1. The SMILES string of the molecule is C[C@H](Sc1ccc([N+](=O)[O-])cc1Cl)C(=O)O. The van der Waals surface area contributed by atoms with Crippen LogP contribution in [0, 0.1) is 10.1 Å². The van der Waals surface area contributed by atoms with E-state index in [-0.39, 0.29) is 10.7 Å². The molecule has 1 N–H and O–H groups in total. The number of carboxylic acids is 1. The lowest BCUT2D eigenvalue weighted by Gasteiger charge is -2.07. The maximum Gasteiger partial charge on any atom is 0.316 e. The zero-order chi connectivity index (χ0) is 12.3. The van der Waals surface area contributed by atoms with Crippen molar-refractivity contribution in [3.8, 4) is 0 Å². The van der Waals surface area contributed by atoms with Crippen LogP contribution in [0.1, 0.15) is 6.92 Å². The Morgan fingerprint density at radius 3 is 2.69 bits per heavy atom. The van der Waals surface area contributed by atoms with E-state index in [4.69, 9.17) is 16.7 Å². The van der Waals surface area contributed by atoms with E-state index in [1.165, 1.54) is 25.1 Å². The maximum absolute atomic E-state index is 10.6. The summed E-state index contributed by atoms with van der Waals surface area (Å²) in [4.78, 5) is 21.0. The minimum absolute atomic E-state index is 0.114. The van der Waals surface area contributed by atoms with Gasteiger partial charge in [-0.15, -0.1) is 11.8 Å². The molecule has 0 amide bonds. The van der Waals surface area contributed by atoms with Gasteiger partial charge in [0.05, 0.1) is 9.95 Å². The van der Waals surface area contributed by atoms with Crippen LogP contribution >= 0.6 is 23.4 Å². The van der Waals surface area contributed by atoms with Gasteiger partial charge in [-0.1, -0.05) is 11.6 Å². The van der Waals surface area contributed by atoms with Crippen LogP contribution in [0.5, 0.6) is 0 Å². The van der Waals surface area contributed by atoms with E-state index in [0.717, 1.165) is 11.8 Å². The van der Waals surface area contributed by atoms with Gasteiger partial charge < -0.3 is 5.11 Å². The van der Waals surface area contributed by atoms with E-state index in [9.17, 15) is 14.9 Å². The maximum atomic E-state index is 10.6. The quantitative estimate of drug-likeness (QED) is 0.512. The molecule has 0 saturated carbocycles. The molecule has 1 atom stereocenters. The number of hydrogen-bond donors (Lipinski definition) is 1. The third-order valence-corrected chi connectivity index (χ3v) is 3.37. The summed E-state index contributed by atoms with van der Waals surface area (Å²) >= 11 is 6.85. The molecular formula is C9H8ClNO4S. The summed E-state index contributed by atoms with van der Waals surface area (Å²) in [5, 5.41) is 18.7. The fourth-order valence-corrected chi connectivity index (χ4v) is 2.05. The highest BCUT2D eigenvalue weighted by atomic mass is 35.5. The minimum atomic E-state index is -0.959. The zero-order valence-corrected chi connectivity index (χ0v) is 9.79. The van der Waals surface area contributed by atoms with Gasteiger partial charge in [-0.2, -0.15) is 0 Å². The fourth-order valence-electron chi connectivity index (χ4n) is 0.940. The molecule has 0 fully saturated rings. The molecule has 0 aliphatic heterocycles. The van der Waals surface area contributed by atoms with E-state index >= 15 is 0 Å². The van der Waals surface area contributed by atoms with Crippen LogP contribution in [0.2, 0.25) is 5.02 Å². The number of nitro benzene ring substituents is 1. The summed E-state index contributed by atoms with van der Waals surface area (Å²) in [7, 11) is 0. The number of nitrogens with zero attached hydrogens (tertiary/aromatic N) is 1. The number of carbonyl (C=O) groups is 1. The first kappa shape index (κ1) is 12.8. The molecule has 0 aliphatic carbocycles. The number of nitro groups is 1. The Bertz CT molecular complexity index is 438. The predicted molar refractivity (Wildman–Crippen MR) is 61.1 cm³/mol. The topological polar surface area (TPSA) is 80.4 Å². The smallest absolute Gasteiger partial charge is 0.316 e. The van der Waals surface area contributed by atoms with Crippen molar-refractivity contribution in [2.45, 2.75) is 17.1 Å². The first-order chi connectivity index (χ1) is 7.41. The van der Waals surface area contributed by atoms with Gasteiger partial charge in [0.2, 0.25) is 0 Å². The second-order valence-corrected chi connectivity index (χ2v) is 4.76. The van der Waals surface area contributed by atoms with Crippen molar-refractivity contribution in [2.75, 3.05) is 0 Å². The van der Waals surface area contributed by atoms with Gasteiger partial charge in [-0.3, -0.25) is 14.9 Å². The summed E-state index contributed by atoms with van der Waals surface area (Å²) in [5.41, 5.74) is -0.114. The minimum Gasteiger partial charge on any atom is -0.480 e. The van der Waals surface area contributed by atoms with Crippen LogP contribution in [0.15, 0.2) is 23.1 Å². The molecule has 0 aliphatic rings. The average molecular weight is 262 g/mol. The molecule has 1 aromatic rings. The Kier molecular flexibility index (Phi) is 4.14. The van der Waals surface area contributed by atoms with Gasteiger partial charge >= 0.3 is 5.97 Å². The monoisotopic (exact) mass is 261 g/mol. The van der Waals surface area contributed by atoms with Crippen molar-refractivity contribution in [3.05, 3.63) is 33.3 Å².